The van der Waals surface area contributed by atoms with Crippen LogP contribution in [0.3, 0.4) is 0 Å². The van der Waals surface area contributed by atoms with E-state index in [9.17, 15) is 4.79 Å². The molecule has 2 aromatic rings. The van der Waals surface area contributed by atoms with Crippen LogP contribution in [0.4, 0.5) is 0 Å². The van der Waals surface area contributed by atoms with Crippen LogP contribution in [0.1, 0.15) is 75.0 Å². The number of benzene rings is 1. The third-order valence-electron chi connectivity index (χ3n) is 4.20. The summed E-state index contributed by atoms with van der Waals surface area (Å²) in [6.45, 7) is 5.46. The van der Waals surface area contributed by atoms with E-state index in [1.165, 1.54) is 43.4 Å². The predicted molar refractivity (Wildman–Crippen MR) is 109 cm³/mol. The first-order valence-corrected chi connectivity index (χ1v) is 10.8. The van der Waals surface area contributed by atoms with Crippen LogP contribution in [0.5, 0.6) is 5.75 Å². The minimum absolute atomic E-state index is 0.296. The standard InChI is InChI=1S/C21H30N2O3S/c1-3-5-7-8-9-10-16-25-18-13-11-17(12-14-18)19-22-23-20(27-19)21(24)26-15-6-4-2/h11-14H,3-10,15-16H2,1-2H3. The van der Waals surface area contributed by atoms with Crippen molar-refractivity contribution in [2.45, 2.75) is 65.2 Å². The van der Waals surface area contributed by atoms with Gasteiger partial charge >= 0.3 is 5.97 Å². The molecule has 5 nitrogen and oxygen atoms in total. The Bertz CT molecular complexity index is 670. The Morgan fingerprint density at radius 2 is 1.59 bits per heavy atom. The molecule has 0 unspecified atom stereocenters. The molecule has 148 valence electrons. The second-order valence-electron chi connectivity index (χ2n) is 6.54. The van der Waals surface area contributed by atoms with Crippen molar-refractivity contribution in [2.24, 2.45) is 0 Å². The lowest BCUT2D eigenvalue weighted by Crippen LogP contribution is -2.05. The van der Waals surface area contributed by atoms with E-state index in [1.807, 2.05) is 24.3 Å². The number of esters is 1. The summed E-state index contributed by atoms with van der Waals surface area (Å²) in [5.74, 6) is 0.460. The van der Waals surface area contributed by atoms with Crippen LogP contribution in [-0.4, -0.2) is 29.4 Å². The van der Waals surface area contributed by atoms with Gasteiger partial charge in [0.1, 0.15) is 10.8 Å². The molecule has 1 aromatic carbocycles. The summed E-state index contributed by atoms with van der Waals surface area (Å²) in [7, 11) is 0. The van der Waals surface area contributed by atoms with E-state index in [4.69, 9.17) is 9.47 Å². The van der Waals surface area contributed by atoms with E-state index >= 15 is 0 Å². The molecule has 0 saturated heterocycles. The van der Waals surface area contributed by atoms with Crippen LogP contribution >= 0.6 is 11.3 Å². The zero-order valence-electron chi connectivity index (χ0n) is 16.4. The van der Waals surface area contributed by atoms with Crippen LogP contribution in [-0.2, 0) is 4.74 Å². The second-order valence-corrected chi connectivity index (χ2v) is 7.52. The summed E-state index contributed by atoms with van der Waals surface area (Å²) in [5, 5.41) is 9.05. The first kappa shape index (κ1) is 21.4. The normalized spacial score (nSPS) is 10.7. The lowest BCUT2D eigenvalue weighted by atomic mass is 10.1. The number of hydrogen-bond donors (Lipinski definition) is 0. The molecule has 0 fully saturated rings. The maximum atomic E-state index is 11.9. The summed E-state index contributed by atoms with van der Waals surface area (Å²) < 4.78 is 11.0. The molecule has 0 aliphatic rings. The monoisotopic (exact) mass is 390 g/mol. The van der Waals surface area contributed by atoms with Crippen molar-refractivity contribution in [3.05, 3.63) is 29.3 Å². The van der Waals surface area contributed by atoms with Crippen LogP contribution in [0.2, 0.25) is 0 Å². The second kappa shape index (κ2) is 12.4. The average Bonchev–Trinajstić information content (AvgIpc) is 3.18. The Labute approximate surface area is 166 Å². The Hall–Kier alpha value is -1.95. The zero-order chi connectivity index (χ0) is 19.3. The van der Waals surface area contributed by atoms with Crippen molar-refractivity contribution >= 4 is 17.3 Å². The Balaban J connectivity index is 1.77. The topological polar surface area (TPSA) is 61.3 Å². The first-order valence-electron chi connectivity index (χ1n) is 9.98. The van der Waals surface area contributed by atoms with Gasteiger partial charge < -0.3 is 9.47 Å². The molecule has 1 heterocycles. The van der Waals surface area contributed by atoms with Gasteiger partial charge in [-0.3, -0.25) is 0 Å². The van der Waals surface area contributed by atoms with E-state index in [0.29, 0.717) is 16.6 Å². The van der Waals surface area contributed by atoms with E-state index in [-0.39, 0.29) is 0 Å². The number of nitrogens with zero attached hydrogens (tertiary/aromatic N) is 2. The molecule has 6 heteroatoms. The molecular weight excluding hydrogens is 360 g/mol. The van der Waals surface area contributed by atoms with E-state index in [0.717, 1.165) is 37.2 Å². The van der Waals surface area contributed by atoms with Crippen molar-refractivity contribution in [1.82, 2.24) is 10.2 Å². The van der Waals surface area contributed by atoms with Crippen molar-refractivity contribution < 1.29 is 14.3 Å². The molecule has 0 radical (unpaired) electrons. The minimum atomic E-state index is -0.397. The van der Waals surface area contributed by atoms with Crippen molar-refractivity contribution in [3.8, 4) is 16.3 Å². The fraction of sp³-hybridized carbons (Fsp3) is 0.571. The summed E-state index contributed by atoms with van der Waals surface area (Å²) in [4.78, 5) is 11.9. The van der Waals surface area contributed by atoms with Crippen LogP contribution in [0.15, 0.2) is 24.3 Å². The molecule has 0 atom stereocenters. The van der Waals surface area contributed by atoms with Gasteiger partial charge in [0.05, 0.1) is 13.2 Å². The van der Waals surface area contributed by atoms with Gasteiger partial charge in [0.15, 0.2) is 0 Å². The lowest BCUT2D eigenvalue weighted by Gasteiger charge is -2.06. The van der Waals surface area contributed by atoms with Crippen LogP contribution in [0, 0.1) is 0 Å². The predicted octanol–water partition coefficient (Wildman–Crippen LogP) is 5.90. The maximum Gasteiger partial charge on any atom is 0.369 e. The average molecular weight is 391 g/mol. The number of carbonyl (C=O) groups excluding carboxylic acids is 1. The maximum absolute atomic E-state index is 11.9. The quantitative estimate of drug-likeness (QED) is 0.315. The van der Waals surface area contributed by atoms with Gasteiger partial charge in [-0.25, -0.2) is 4.79 Å². The van der Waals surface area contributed by atoms with Crippen LogP contribution in [0.25, 0.3) is 10.6 Å². The summed E-state index contributed by atoms with van der Waals surface area (Å²) in [5.41, 5.74) is 0.923. The number of rotatable bonds is 13. The molecule has 1 aromatic heterocycles. The molecule has 0 bridgehead atoms. The highest BCUT2D eigenvalue weighted by Gasteiger charge is 2.15. The SMILES string of the molecule is CCCCCCCCOc1ccc(-c2nnc(C(=O)OCCCC)s2)cc1. The van der Waals surface area contributed by atoms with Crippen molar-refractivity contribution in [3.63, 3.8) is 0 Å². The number of hydrogen-bond acceptors (Lipinski definition) is 6. The van der Waals surface area contributed by atoms with Gasteiger partial charge in [-0.15, -0.1) is 10.2 Å². The molecule has 0 amide bonds. The molecule has 27 heavy (non-hydrogen) atoms. The van der Waals surface area contributed by atoms with Gasteiger partial charge in [-0.1, -0.05) is 63.7 Å². The fourth-order valence-corrected chi connectivity index (χ4v) is 3.30. The summed E-state index contributed by atoms with van der Waals surface area (Å²) in [6, 6.07) is 7.77. The van der Waals surface area contributed by atoms with Gasteiger partial charge in [0, 0.05) is 5.56 Å². The Morgan fingerprint density at radius 3 is 2.33 bits per heavy atom. The molecule has 0 spiro atoms. The minimum Gasteiger partial charge on any atom is -0.494 e. The summed E-state index contributed by atoms with van der Waals surface area (Å²) in [6.07, 6.45) is 9.37. The molecular formula is C21H30N2O3S. The molecule has 0 aliphatic carbocycles. The number of unbranched alkanes of at least 4 members (excludes halogenated alkanes) is 6. The van der Waals surface area contributed by atoms with Gasteiger partial charge in [-0.05, 0) is 37.1 Å². The van der Waals surface area contributed by atoms with Gasteiger partial charge in [0.25, 0.3) is 0 Å². The Kier molecular flexibility index (Phi) is 9.84. The number of ether oxygens (including phenoxy) is 2. The Morgan fingerprint density at radius 1 is 0.889 bits per heavy atom. The van der Waals surface area contributed by atoms with E-state index in [1.54, 1.807) is 0 Å². The van der Waals surface area contributed by atoms with Crippen LogP contribution < -0.4 is 4.74 Å². The number of aromatic nitrogens is 2. The molecule has 0 N–H and O–H groups in total. The highest BCUT2D eigenvalue weighted by atomic mass is 32.1. The van der Waals surface area contributed by atoms with Gasteiger partial charge in [0.2, 0.25) is 5.01 Å². The van der Waals surface area contributed by atoms with E-state index < -0.39 is 5.97 Å². The van der Waals surface area contributed by atoms with Crippen molar-refractivity contribution in [1.29, 1.82) is 0 Å². The zero-order valence-corrected chi connectivity index (χ0v) is 17.2. The fourth-order valence-electron chi connectivity index (χ4n) is 2.56. The highest BCUT2D eigenvalue weighted by Crippen LogP contribution is 2.26. The van der Waals surface area contributed by atoms with Gasteiger partial charge in [-0.2, -0.15) is 0 Å². The first-order chi connectivity index (χ1) is 13.2. The van der Waals surface area contributed by atoms with E-state index in [2.05, 4.69) is 24.0 Å². The highest BCUT2D eigenvalue weighted by molar-refractivity contribution is 7.16. The smallest absolute Gasteiger partial charge is 0.369 e. The third kappa shape index (κ3) is 7.67. The molecule has 0 aliphatic heterocycles. The van der Waals surface area contributed by atoms with Crippen molar-refractivity contribution in [2.75, 3.05) is 13.2 Å². The number of carbonyl (C=O) groups is 1. The largest absolute Gasteiger partial charge is 0.494 e. The third-order valence-corrected chi connectivity index (χ3v) is 5.15. The molecule has 2 rings (SSSR count). The lowest BCUT2D eigenvalue weighted by molar-refractivity contribution is 0.0498. The molecule has 0 saturated carbocycles. The summed E-state index contributed by atoms with van der Waals surface area (Å²) >= 11 is 1.25.